The van der Waals surface area contributed by atoms with Gasteiger partial charge in [-0.05, 0) is 24.3 Å². The molecule has 0 amide bonds. The minimum atomic E-state index is -0.990. The molecule has 0 aliphatic carbocycles. The molecule has 3 aromatic rings. The summed E-state index contributed by atoms with van der Waals surface area (Å²) in [5, 5.41) is 20.2. The Morgan fingerprint density at radius 3 is 3.00 bits per heavy atom. The van der Waals surface area contributed by atoms with Gasteiger partial charge in [0, 0.05) is 5.56 Å². The van der Waals surface area contributed by atoms with Crippen LogP contribution in [-0.4, -0.2) is 32.2 Å². The van der Waals surface area contributed by atoms with Crippen molar-refractivity contribution in [3.63, 3.8) is 0 Å². The second-order valence-corrected chi connectivity index (χ2v) is 4.52. The van der Waals surface area contributed by atoms with E-state index in [1.807, 2.05) is 0 Å². The monoisotopic (exact) mass is 312 g/mol. The fraction of sp³-hybridized carbons (Fsp3) is 0. The molecule has 0 bridgehead atoms. The van der Waals surface area contributed by atoms with E-state index < -0.39 is 5.97 Å². The van der Waals surface area contributed by atoms with Gasteiger partial charge in [-0.3, -0.25) is 0 Å². The van der Waals surface area contributed by atoms with E-state index in [-0.39, 0.29) is 11.5 Å². The highest BCUT2D eigenvalue weighted by Crippen LogP contribution is 2.22. The summed E-state index contributed by atoms with van der Waals surface area (Å²) in [6.45, 7) is 0. The molecule has 23 heavy (non-hydrogen) atoms. The molecule has 0 fully saturated rings. The average molecular weight is 312 g/mol. The van der Waals surface area contributed by atoms with Gasteiger partial charge >= 0.3 is 5.97 Å². The van der Waals surface area contributed by atoms with Crippen LogP contribution in [0.3, 0.4) is 0 Å². The maximum Gasteiger partial charge on any atom is 0.335 e. The largest absolute Gasteiger partial charge is 0.478 e. The summed E-state index contributed by atoms with van der Waals surface area (Å²) in [5.74, 6) is 5.83. The quantitative estimate of drug-likeness (QED) is 0.368. The van der Waals surface area contributed by atoms with Crippen molar-refractivity contribution in [3.8, 4) is 11.3 Å². The van der Waals surface area contributed by atoms with Crippen LogP contribution in [0.25, 0.3) is 11.3 Å². The van der Waals surface area contributed by atoms with Crippen LogP contribution in [0.4, 0.5) is 5.95 Å². The van der Waals surface area contributed by atoms with Gasteiger partial charge in [-0.15, -0.1) is 10.2 Å². The van der Waals surface area contributed by atoms with Crippen LogP contribution >= 0.6 is 0 Å². The number of benzene rings is 1. The van der Waals surface area contributed by atoms with Gasteiger partial charge in [0.2, 0.25) is 0 Å². The minimum absolute atomic E-state index is 0.193. The van der Waals surface area contributed by atoms with Crippen LogP contribution in [0.2, 0.25) is 0 Å². The number of nitrogen functional groups attached to an aromatic ring is 1. The number of rotatable bonds is 5. The van der Waals surface area contributed by atoms with E-state index in [2.05, 4.69) is 20.7 Å². The van der Waals surface area contributed by atoms with Gasteiger partial charge in [0.1, 0.15) is 17.8 Å². The maximum atomic E-state index is 11.0. The molecular formula is C14H12N6O3. The first kappa shape index (κ1) is 14.3. The number of nitrogens with two attached hydrogens (primary N) is 1. The molecule has 4 N–H and O–H groups in total. The SMILES string of the molecule is Nn1cnnc1N/N=C/c1ccc(-c2cccc(C(=O)O)c2)o1. The lowest BCUT2D eigenvalue weighted by Gasteiger charge is -1.99. The first-order chi connectivity index (χ1) is 11.1. The molecule has 116 valence electrons. The van der Waals surface area contributed by atoms with E-state index in [0.717, 1.165) is 0 Å². The van der Waals surface area contributed by atoms with Crippen LogP contribution in [0, 0.1) is 0 Å². The number of anilines is 1. The number of carboxylic acid groups (broad SMARTS) is 1. The molecule has 9 nitrogen and oxygen atoms in total. The molecule has 0 saturated carbocycles. The summed E-state index contributed by atoms with van der Waals surface area (Å²) in [6.07, 6.45) is 2.78. The summed E-state index contributed by atoms with van der Waals surface area (Å²) in [5.41, 5.74) is 3.47. The first-order valence-corrected chi connectivity index (χ1v) is 6.51. The third-order valence-electron chi connectivity index (χ3n) is 2.95. The topological polar surface area (TPSA) is 132 Å². The Morgan fingerprint density at radius 1 is 1.39 bits per heavy atom. The predicted molar refractivity (Wildman–Crippen MR) is 82.5 cm³/mol. The van der Waals surface area contributed by atoms with Crippen molar-refractivity contribution < 1.29 is 14.3 Å². The number of aromatic carboxylic acids is 1. The Morgan fingerprint density at radius 2 is 2.26 bits per heavy atom. The van der Waals surface area contributed by atoms with Gasteiger partial charge in [0.25, 0.3) is 5.95 Å². The fourth-order valence-corrected chi connectivity index (χ4v) is 1.86. The lowest BCUT2D eigenvalue weighted by atomic mass is 10.1. The summed E-state index contributed by atoms with van der Waals surface area (Å²) in [6, 6.07) is 9.92. The molecule has 1 aromatic carbocycles. The lowest BCUT2D eigenvalue weighted by Crippen LogP contribution is -2.10. The molecule has 0 aliphatic heterocycles. The zero-order valence-corrected chi connectivity index (χ0v) is 11.7. The van der Waals surface area contributed by atoms with Gasteiger partial charge in [0.05, 0.1) is 11.8 Å². The normalized spacial score (nSPS) is 11.0. The van der Waals surface area contributed by atoms with Crippen molar-refractivity contribution in [1.29, 1.82) is 0 Å². The summed E-state index contributed by atoms with van der Waals surface area (Å²) >= 11 is 0. The van der Waals surface area contributed by atoms with Crippen molar-refractivity contribution in [2.75, 3.05) is 11.3 Å². The smallest absolute Gasteiger partial charge is 0.335 e. The van der Waals surface area contributed by atoms with Gasteiger partial charge < -0.3 is 15.4 Å². The van der Waals surface area contributed by atoms with Crippen LogP contribution < -0.4 is 11.3 Å². The Labute approximate surface area is 130 Å². The van der Waals surface area contributed by atoms with Gasteiger partial charge in [-0.1, -0.05) is 12.1 Å². The van der Waals surface area contributed by atoms with Crippen LogP contribution in [0.1, 0.15) is 16.1 Å². The van der Waals surface area contributed by atoms with Crippen molar-refractivity contribution >= 4 is 18.1 Å². The summed E-state index contributed by atoms with van der Waals surface area (Å²) in [7, 11) is 0. The number of carboxylic acids is 1. The summed E-state index contributed by atoms with van der Waals surface area (Å²) in [4.78, 5) is 11.0. The number of nitrogens with one attached hydrogen (secondary N) is 1. The van der Waals surface area contributed by atoms with Crippen molar-refractivity contribution in [3.05, 3.63) is 54.0 Å². The van der Waals surface area contributed by atoms with Gasteiger partial charge in [-0.25, -0.2) is 14.9 Å². The third kappa shape index (κ3) is 3.18. The van der Waals surface area contributed by atoms with Crippen LogP contribution in [-0.2, 0) is 0 Å². The molecule has 3 rings (SSSR count). The highest BCUT2D eigenvalue weighted by molar-refractivity contribution is 5.89. The summed E-state index contributed by atoms with van der Waals surface area (Å²) < 4.78 is 6.78. The Balaban J connectivity index is 1.74. The number of hydrazone groups is 1. The number of hydrogen-bond acceptors (Lipinski definition) is 7. The van der Waals surface area contributed by atoms with Crippen molar-refractivity contribution in [1.82, 2.24) is 14.9 Å². The molecule has 0 aliphatic rings. The standard InChI is InChI=1S/C14H12N6O3/c15-20-8-17-19-14(20)18-16-7-11-4-5-12(23-11)9-2-1-3-10(6-9)13(21)22/h1-8H,15H2,(H,18,19)(H,21,22)/b16-7+. The van der Waals surface area contributed by atoms with Crippen molar-refractivity contribution in [2.45, 2.75) is 0 Å². The average Bonchev–Trinajstić information content (AvgIpc) is 3.17. The maximum absolute atomic E-state index is 11.0. The van der Waals surface area contributed by atoms with E-state index >= 15 is 0 Å². The zero-order valence-electron chi connectivity index (χ0n) is 11.7. The lowest BCUT2D eigenvalue weighted by molar-refractivity contribution is 0.0697. The highest BCUT2D eigenvalue weighted by Gasteiger charge is 2.08. The second-order valence-electron chi connectivity index (χ2n) is 4.52. The van der Waals surface area contributed by atoms with Crippen molar-refractivity contribution in [2.24, 2.45) is 5.10 Å². The molecule has 2 aromatic heterocycles. The molecule has 0 radical (unpaired) electrons. The predicted octanol–water partition coefficient (Wildman–Crippen LogP) is 1.40. The number of hydrogen-bond donors (Lipinski definition) is 3. The van der Waals surface area contributed by atoms with E-state index in [4.69, 9.17) is 15.4 Å². The molecule has 9 heteroatoms. The van der Waals surface area contributed by atoms with E-state index in [0.29, 0.717) is 17.1 Å². The van der Waals surface area contributed by atoms with Crippen LogP contribution in [0.5, 0.6) is 0 Å². The molecule has 0 saturated heterocycles. The number of aromatic nitrogens is 3. The van der Waals surface area contributed by atoms with Gasteiger partial charge in [0.15, 0.2) is 0 Å². The van der Waals surface area contributed by atoms with E-state index in [9.17, 15) is 4.79 Å². The van der Waals surface area contributed by atoms with E-state index in [1.54, 1.807) is 24.3 Å². The molecule has 2 heterocycles. The Bertz CT molecular complexity index is 867. The molecule has 0 unspecified atom stereocenters. The Hall–Kier alpha value is -3.62. The highest BCUT2D eigenvalue weighted by atomic mass is 16.4. The Kier molecular flexibility index (Phi) is 3.75. The minimum Gasteiger partial charge on any atom is -0.478 e. The first-order valence-electron chi connectivity index (χ1n) is 6.51. The molecule has 0 atom stereocenters. The number of nitrogens with zero attached hydrogens (tertiary/aromatic N) is 4. The van der Waals surface area contributed by atoms with Gasteiger partial charge in [-0.2, -0.15) is 5.10 Å². The second kappa shape index (κ2) is 6.02. The number of carbonyl (C=O) groups is 1. The van der Waals surface area contributed by atoms with Crippen LogP contribution in [0.15, 0.2) is 52.2 Å². The number of furan rings is 1. The third-order valence-corrected chi connectivity index (χ3v) is 2.95. The molecular weight excluding hydrogens is 300 g/mol. The zero-order chi connectivity index (χ0) is 16.2. The van der Waals surface area contributed by atoms with E-state index in [1.165, 1.54) is 29.4 Å². The molecule has 0 spiro atoms. The fourth-order valence-electron chi connectivity index (χ4n) is 1.86.